The Morgan fingerprint density at radius 3 is 2.29 bits per heavy atom. The maximum atomic E-state index is 13.8. The van der Waals surface area contributed by atoms with Crippen molar-refractivity contribution in [1.82, 2.24) is 15.1 Å². The van der Waals surface area contributed by atoms with Crippen LogP contribution in [-0.4, -0.2) is 86.7 Å². The van der Waals surface area contributed by atoms with Gasteiger partial charge in [-0.3, -0.25) is 19.8 Å². The van der Waals surface area contributed by atoms with E-state index in [9.17, 15) is 14.4 Å². The third-order valence-corrected chi connectivity index (χ3v) is 7.71. The third kappa shape index (κ3) is 6.01. The molecule has 0 aromatic heterocycles. The Balaban J connectivity index is 1.64. The van der Waals surface area contributed by atoms with Crippen molar-refractivity contribution < 1.29 is 23.9 Å². The maximum Gasteiger partial charge on any atom is 0.254 e. The third-order valence-electron chi connectivity index (χ3n) is 7.71. The number of hydrogen-bond donors (Lipinski definition) is 2. The normalized spacial score (nSPS) is 15.1. The molecule has 2 aromatic rings. The van der Waals surface area contributed by atoms with E-state index in [0.29, 0.717) is 61.8 Å². The highest BCUT2D eigenvalue weighted by Crippen LogP contribution is 2.41. The summed E-state index contributed by atoms with van der Waals surface area (Å²) in [5.74, 6) is 1.05. The predicted molar refractivity (Wildman–Crippen MR) is 159 cm³/mol. The van der Waals surface area contributed by atoms with Gasteiger partial charge >= 0.3 is 0 Å². The van der Waals surface area contributed by atoms with Gasteiger partial charge in [0.1, 0.15) is 17.3 Å². The van der Waals surface area contributed by atoms with Crippen LogP contribution in [0.4, 0.5) is 5.69 Å². The first-order valence-electron chi connectivity index (χ1n) is 14.0. The van der Waals surface area contributed by atoms with E-state index in [1.54, 1.807) is 38.1 Å². The highest BCUT2D eigenvalue weighted by atomic mass is 16.5. The van der Waals surface area contributed by atoms with E-state index in [1.165, 1.54) is 0 Å². The molecule has 4 rings (SSSR count). The van der Waals surface area contributed by atoms with Crippen LogP contribution in [0.25, 0.3) is 0 Å². The Labute approximate surface area is 242 Å². The molecule has 10 nitrogen and oxygen atoms in total. The second kappa shape index (κ2) is 11.8. The monoisotopic (exact) mass is 563 g/mol. The van der Waals surface area contributed by atoms with Crippen LogP contribution in [0.3, 0.4) is 0 Å². The molecule has 2 N–H and O–H groups in total. The first-order valence-corrected chi connectivity index (χ1v) is 14.0. The van der Waals surface area contributed by atoms with Gasteiger partial charge in [0.25, 0.3) is 5.91 Å². The molecule has 1 fully saturated rings. The quantitative estimate of drug-likeness (QED) is 0.473. The molecule has 0 unspecified atom stereocenters. The second-order valence-electron chi connectivity index (χ2n) is 11.5. The largest absolute Gasteiger partial charge is 0.494 e. The molecule has 41 heavy (non-hydrogen) atoms. The van der Waals surface area contributed by atoms with Crippen molar-refractivity contribution >= 4 is 29.1 Å². The van der Waals surface area contributed by atoms with Gasteiger partial charge in [-0.05, 0) is 42.2 Å². The van der Waals surface area contributed by atoms with Crippen LogP contribution >= 0.6 is 0 Å². The summed E-state index contributed by atoms with van der Waals surface area (Å²) in [5, 5.41) is 11.4. The molecular formula is C31H41N5O5. The van der Waals surface area contributed by atoms with Crippen LogP contribution in [-0.2, 0) is 16.8 Å². The van der Waals surface area contributed by atoms with Gasteiger partial charge in [-0.1, -0.05) is 20.8 Å². The maximum absolute atomic E-state index is 13.8. The van der Waals surface area contributed by atoms with Gasteiger partial charge in [-0.25, -0.2) is 0 Å². The number of methoxy groups -OCH3 is 1. The van der Waals surface area contributed by atoms with Crippen molar-refractivity contribution in [2.75, 3.05) is 58.4 Å². The molecule has 2 aliphatic heterocycles. The fraction of sp³-hybridized carbons (Fsp3) is 0.484. The average molecular weight is 564 g/mol. The summed E-state index contributed by atoms with van der Waals surface area (Å²) in [5.41, 5.74) is 3.84. The number of nitrogens with one attached hydrogen (secondary N) is 2. The summed E-state index contributed by atoms with van der Waals surface area (Å²) in [6.07, 6.45) is 0. The van der Waals surface area contributed by atoms with E-state index in [0.717, 1.165) is 22.6 Å². The number of Topliss-reactive ketones (excluding diaryl/α,β-unsaturated/α-hetero) is 1. The number of rotatable bonds is 8. The number of benzene rings is 2. The molecule has 0 aliphatic carbocycles. The van der Waals surface area contributed by atoms with Crippen LogP contribution < -0.4 is 19.7 Å². The van der Waals surface area contributed by atoms with E-state index < -0.39 is 0 Å². The number of hydrogen-bond acceptors (Lipinski definition) is 7. The van der Waals surface area contributed by atoms with Gasteiger partial charge in [-0.15, -0.1) is 0 Å². The molecule has 0 atom stereocenters. The second-order valence-corrected chi connectivity index (χ2v) is 11.5. The first-order chi connectivity index (χ1) is 19.4. The lowest BCUT2D eigenvalue weighted by atomic mass is 9.84. The molecule has 10 heteroatoms. The Morgan fingerprint density at radius 2 is 1.73 bits per heavy atom. The van der Waals surface area contributed by atoms with Crippen molar-refractivity contribution in [1.29, 1.82) is 5.41 Å². The van der Waals surface area contributed by atoms with Gasteiger partial charge in [0.15, 0.2) is 5.78 Å². The van der Waals surface area contributed by atoms with Gasteiger partial charge in [0, 0.05) is 63.4 Å². The molecular weight excluding hydrogens is 522 g/mol. The summed E-state index contributed by atoms with van der Waals surface area (Å²) >= 11 is 0. The van der Waals surface area contributed by atoms with Crippen LogP contribution in [0.1, 0.15) is 72.0 Å². The zero-order valence-corrected chi connectivity index (χ0v) is 25.1. The number of amides is 2. The summed E-state index contributed by atoms with van der Waals surface area (Å²) in [7, 11) is 3.20. The molecule has 0 spiro atoms. The van der Waals surface area contributed by atoms with Crippen LogP contribution in [0.15, 0.2) is 24.3 Å². The molecule has 0 radical (unpaired) electrons. The molecule has 220 valence electrons. The summed E-state index contributed by atoms with van der Waals surface area (Å²) in [6, 6.07) is 7.26. The molecule has 0 saturated carbocycles. The van der Waals surface area contributed by atoms with E-state index in [2.05, 4.69) is 31.0 Å². The molecule has 0 bridgehead atoms. The molecule has 2 aliphatic rings. The number of fused-ring (bicyclic) bond motifs is 1. The van der Waals surface area contributed by atoms with Crippen molar-refractivity contribution in [3.63, 3.8) is 0 Å². The number of ketones is 1. The number of nitrogens with zero attached hydrogens (tertiary/aromatic N) is 3. The highest BCUT2D eigenvalue weighted by molar-refractivity contribution is 6.08. The van der Waals surface area contributed by atoms with E-state index in [4.69, 9.17) is 14.9 Å². The van der Waals surface area contributed by atoms with Crippen molar-refractivity contribution in [2.45, 2.75) is 46.6 Å². The summed E-state index contributed by atoms with van der Waals surface area (Å²) in [6.45, 7) is 13.0. The van der Waals surface area contributed by atoms with Crippen molar-refractivity contribution in [3.05, 3.63) is 52.1 Å². The Morgan fingerprint density at radius 1 is 1.05 bits per heavy atom. The minimum absolute atomic E-state index is 0.0141. The molecule has 1 saturated heterocycles. The van der Waals surface area contributed by atoms with Gasteiger partial charge < -0.3 is 29.5 Å². The van der Waals surface area contributed by atoms with Gasteiger partial charge in [-0.2, -0.15) is 0 Å². The van der Waals surface area contributed by atoms with E-state index in [-0.39, 0.29) is 35.4 Å². The molecule has 2 amide bonds. The zero-order chi connectivity index (χ0) is 30.1. The number of piperazine rings is 1. The van der Waals surface area contributed by atoms with E-state index >= 15 is 0 Å². The summed E-state index contributed by atoms with van der Waals surface area (Å²) in [4.78, 5) is 43.9. The Hall–Kier alpha value is -4.08. The number of amidine groups is 1. The standard InChI is InChI=1S/C31H41N5O5/c1-8-41-27-15-21-17-36(29(32)22(21)16-23(27)30(39)33-6)18-26(38)20-13-24(31(3,4)5)28(40-7)25(14-20)35-11-9-34(10-12-35)19(2)37/h13-16,32H,8-12,17-18H2,1-7H3,(H,33,39). The fourth-order valence-electron chi connectivity index (χ4n) is 5.46. The number of anilines is 1. The lowest BCUT2D eigenvalue weighted by Gasteiger charge is -2.37. The predicted octanol–water partition coefficient (Wildman–Crippen LogP) is 3.44. The highest BCUT2D eigenvalue weighted by Gasteiger charge is 2.32. The minimum atomic E-state index is -0.292. The van der Waals surface area contributed by atoms with Gasteiger partial charge in [0.2, 0.25) is 5.91 Å². The topological polar surface area (TPSA) is 115 Å². The van der Waals surface area contributed by atoms with E-state index in [1.807, 2.05) is 24.0 Å². The number of ether oxygens (including phenoxy) is 2. The first kappa shape index (κ1) is 29.9. The number of carbonyl (C=O) groups excluding carboxylic acids is 3. The lowest BCUT2D eigenvalue weighted by Crippen LogP contribution is -2.48. The average Bonchev–Trinajstić information content (AvgIpc) is 3.24. The number of carbonyl (C=O) groups is 3. The fourth-order valence-corrected chi connectivity index (χ4v) is 5.46. The Kier molecular flexibility index (Phi) is 8.60. The molecule has 2 heterocycles. The van der Waals surface area contributed by atoms with Crippen LogP contribution in [0, 0.1) is 5.41 Å². The smallest absolute Gasteiger partial charge is 0.254 e. The summed E-state index contributed by atoms with van der Waals surface area (Å²) < 4.78 is 11.6. The zero-order valence-electron chi connectivity index (χ0n) is 25.1. The minimum Gasteiger partial charge on any atom is -0.494 e. The van der Waals surface area contributed by atoms with Gasteiger partial charge in [0.05, 0.1) is 31.5 Å². The van der Waals surface area contributed by atoms with Crippen LogP contribution in [0.5, 0.6) is 11.5 Å². The van der Waals surface area contributed by atoms with Crippen LogP contribution in [0.2, 0.25) is 0 Å². The Bertz CT molecular complexity index is 1370. The molecule has 2 aromatic carbocycles. The van der Waals surface area contributed by atoms with Crippen molar-refractivity contribution in [2.24, 2.45) is 0 Å². The lowest BCUT2D eigenvalue weighted by molar-refractivity contribution is -0.129. The van der Waals surface area contributed by atoms with Crippen molar-refractivity contribution in [3.8, 4) is 11.5 Å². The SMILES string of the molecule is CCOc1cc2c(cc1C(=O)NC)C(=N)N(CC(=O)c1cc(N3CCN(C(C)=O)CC3)c(OC)c(C(C)(C)C)c1)C2.